The van der Waals surface area contributed by atoms with Gasteiger partial charge in [-0.05, 0) is 53.6 Å². The maximum Gasteiger partial charge on any atom is 0.315 e. The zero-order valence-electron chi connectivity index (χ0n) is 15.0. The Labute approximate surface area is 180 Å². The minimum atomic E-state index is -0.415. The molecule has 4 rings (SSSR count). The Balaban J connectivity index is 1.47. The minimum absolute atomic E-state index is 0.114. The van der Waals surface area contributed by atoms with E-state index in [1.807, 2.05) is 24.3 Å². The summed E-state index contributed by atoms with van der Waals surface area (Å²) in [6, 6.07) is 19.2. The normalized spacial score (nSPS) is 13.9. The fourth-order valence-electron chi connectivity index (χ4n) is 2.88. The fourth-order valence-corrected chi connectivity index (χ4v) is 3.27. The van der Waals surface area contributed by atoms with E-state index in [0.29, 0.717) is 22.1 Å². The Bertz CT molecular complexity index is 1120. The third kappa shape index (κ3) is 4.58. The highest BCUT2D eigenvalue weighted by atomic mass is 79.9. The van der Waals surface area contributed by atoms with Crippen LogP contribution in [0.3, 0.4) is 0 Å². The van der Waals surface area contributed by atoms with Gasteiger partial charge in [-0.3, -0.25) is 9.59 Å². The molecule has 29 heavy (non-hydrogen) atoms. The van der Waals surface area contributed by atoms with E-state index in [2.05, 4.69) is 15.9 Å². The molecule has 3 aromatic carbocycles. The molecule has 0 radical (unpaired) electrons. The summed E-state index contributed by atoms with van der Waals surface area (Å²) in [5.41, 5.74) is 2.08. The maximum atomic E-state index is 12.5. The van der Waals surface area contributed by atoms with Gasteiger partial charge in [-0.1, -0.05) is 51.8 Å². The number of hydrogen-bond acceptors (Lipinski definition) is 4. The second kappa shape index (κ2) is 8.23. The number of Topliss-reactive ketones (excluding diaryl/α,β-unsaturated/α-hetero) is 1. The number of allylic oxidation sites excluding steroid dienone is 1. The molecule has 0 spiro atoms. The van der Waals surface area contributed by atoms with Gasteiger partial charge in [0.05, 0.1) is 12.0 Å². The molecule has 144 valence electrons. The predicted molar refractivity (Wildman–Crippen MR) is 114 cm³/mol. The van der Waals surface area contributed by atoms with E-state index in [4.69, 9.17) is 21.1 Å². The summed E-state index contributed by atoms with van der Waals surface area (Å²) in [6.07, 6.45) is 1.80. The Morgan fingerprint density at radius 2 is 1.76 bits per heavy atom. The fraction of sp³-hybridized carbons (Fsp3) is 0.0435. The summed E-state index contributed by atoms with van der Waals surface area (Å²) < 4.78 is 12.0. The van der Waals surface area contributed by atoms with E-state index in [1.165, 1.54) is 0 Å². The summed E-state index contributed by atoms with van der Waals surface area (Å²) >= 11 is 9.23. The second-order valence-corrected chi connectivity index (χ2v) is 7.78. The first-order valence-electron chi connectivity index (χ1n) is 8.77. The molecule has 1 aliphatic rings. The third-order valence-corrected chi connectivity index (χ3v) is 5.08. The Morgan fingerprint density at radius 1 is 1.03 bits per heavy atom. The molecule has 1 heterocycles. The molecule has 0 amide bonds. The molecule has 0 aromatic heterocycles. The van der Waals surface area contributed by atoms with Crippen molar-refractivity contribution in [2.75, 3.05) is 0 Å². The Hall–Kier alpha value is -2.89. The minimum Gasteiger partial charge on any atom is -0.452 e. The van der Waals surface area contributed by atoms with E-state index in [9.17, 15) is 9.59 Å². The molecule has 0 atom stereocenters. The zero-order valence-corrected chi connectivity index (χ0v) is 17.4. The monoisotopic (exact) mass is 468 g/mol. The number of carbonyl (C=O) groups is 2. The van der Waals surface area contributed by atoms with Gasteiger partial charge in [0.15, 0.2) is 5.76 Å². The van der Waals surface area contributed by atoms with Crippen LogP contribution < -0.4 is 9.47 Å². The van der Waals surface area contributed by atoms with Crippen molar-refractivity contribution in [3.63, 3.8) is 0 Å². The average Bonchev–Trinajstić information content (AvgIpc) is 3.00. The molecule has 0 fully saturated rings. The first-order chi connectivity index (χ1) is 14.0. The van der Waals surface area contributed by atoms with Gasteiger partial charge in [0.2, 0.25) is 5.78 Å². The number of ether oxygens (including phenoxy) is 2. The lowest BCUT2D eigenvalue weighted by molar-refractivity contribution is -0.133. The van der Waals surface area contributed by atoms with Crippen LogP contribution in [-0.2, 0) is 11.2 Å². The Morgan fingerprint density at radius 3 is 2.48 bits per heavy atom. The van der Waals surface area contributed by atoms with E-state index in [-0.39, 0.29) is 18.0 Å². The molecule has 1 aliphatic heterocycles. The average molecular weight is 470 g/mol. The van der Waals surface area contributed by atoms with Gasteiger partial charge in [0.1, 0.15) is 11.5 Å². The van der Waals surface area contributed by atoms with E-state index >= 15 is 0 Å². The van der Waals surface area contributed by atoms with Crippen LogP contribution in [0.15, 0.2) is 77.0 Å². The van der Waals surface area contributed by atoms with Crippen LogP contribution in [0.1, 0.15) is 21.5 Å². The summed E-state index contributed by atoms with van der Waals surface area (Å²) in [5.74, 6) is 0.298. The summed E-state index contributed by atoms with van der Waals surface area (Å²) in [6.45, 7) is 0. The first kappa shape index (κ1) is 19.4. The highest BCUT2D eigenvalue weighted by molar-refractivity contribution is 9.10. The smallest absolute Gasteiger partial charge is 0.315 e. The second-order valence-electron chi connectivity index (χ2n) is 6.43. The van der Waals surface area contributed by atoms with Crippen LogP contribution in [0.4, 0.5) is 0 Å². The van der Waals surface area contributed by atoms with Crippen molar-refractivity contribution in [1.82, 2.24) is 0 Å². The Kier molecular flexibility index (Phi) is 5.51. The van der Waals surface area contributed by atoms with E-state index in [1.54, 1.807) is 48.5 Å². The van der Waals surface area contributed by atoms with Gasteiger partial charge in [0.25, 0.3) is 0 Å². The van der Waals surface area contributed by atoms with E-state index in [0.717, 1.165) is 15.6 Å². The van der Waals surface area contributed by atoms with Gasteiger partial charge in [-0.25, -0.2) is 0 Å². The van der Waals surface area contributed by atoms with Crippen molar-refractivity contribution in [3.05, 3.63) is 98.7 Å². The van der Waals surface area contributed by atoms with Crippen molar-refractivity contribution in [2.45, 2.75) is 6.42 Å². The molecule has 0 N–H and O–H groups in total. The van der Waals surface area contributed by atoms with Crippen LogP contribution >= 0.6 is 27.5 Å². The van der Waals surface area contributed by atoms with Gasteiger partial charge in [-0.2, -0.15) is 0 Å². The molecular weight excluding hydrogens is 456 g/mol. The summed E-state index contributed by atoms with van der Waals surface area (Å²) in [5, 5.41) is 0.606. The molecule has 3 aromatic rings. The van der Waals surface area contributed by atoms with Crippen molar-refractivity contribution in [3.8, 4) is 11.5 Å². The standard InChI is InChI=1S/C23H14BrClO4/c24-16-5-1-14(2-6-16)11-21-23(27)19-10-9-18(13-20(19)29-21)28-22(26)12-15-3-7-17(25)8-4-15/h1-11,13H,12H2/b21-11-. The number of fused-ring (bicyclic) bond motifs is 1. The molecule has 4 nitrogen and oxygen atoms in total. The number of rotatable bonds is 4. The van der Waals surface area contributed by atoms with Crippen LogP contribution in [0.25, 0.3) is 6.08 Å². The van der Waals surface area contributed by atoms with Crippen molar-refractivity contribution in [2.24, 2.45) is 0 Å². The lowest BCUT2D eigenvalue weighted by atomic mass is 10.1. The van der Waals surface area contributed by atoms with Gasteiger partial charge >= 0.3 is 5.97 Å². The number of carbonyl (C=O) groups excluding carboxylic acids is 2. The topological polar surface area (TPSA) is 52.6 Å². The van der Waals surface area contributed by atoms with Crippen LogP contribution in [0.2, 0.25) is 5.02 Å². The summed E-state index contributed by atoms with van der Waals surface area (Å²) in [4.78, 5) is 24.7. The predicted octanol–water partition coefficient (Wildman–Crippen LogP) is 5.87. The van der Waals surface area contributed by atoms with Gasteiger partial charge in [-0.15, -0.1) is 0 Å². The molecule has 0 aliphatic carbocycles. The third-order valence-electron chi connectivity index (χ3n) is 4.30. The molecule has 0 saturated heterocycles. The van der Waals surface area contributed by atoms with Gasteiger partial charge < -0.3 is 9.47 Å². The molecule has 0 bridgehead atoms. The SMILES string of the molecule is O=C(Cc1ccc(Cl)cc1)Oc1ccc2c(c1)O/C(=C\c1ccc(Br)cc1)C2=O. The lowest BCUT2D eigenvalue weighted by Crippen LogP contribution is -2.11. The van der Waals surface area contributed by atoms with Gasteiger partial charge in [0, 0.05) is 15.6 Å². The molecular formula is C23H14BrClO4. The number of esters is 1. The molecule has 0 saturated carbocycles. The number of benzene rings is 3. The highest BCUT2D eigenvalue weighted by Gasteiger charge is 2.28. The first-order valence-corrected chi connectivity index (χ1v) is 9.94. The number of hydrogen-bond donors (Lipinski definition) is 0. The van der Waals surface area contributed by atoms with E-state index < -0.39 is 5.97 Å². The zero-order chi connectivity index (χ0) is 20.4. The van der Waals surface area contributed by atoms with Crippen molar-refractivity contribution < 1.29 is 19.1 Å². The van der Waals surface area contributed by atoms with Crippen LogP contribution in [-0.4, -0.2) is 11.8 Å². The number of halogens is 2. The van der Waals surface area contributed by atoms with Crippen molar-refractivity contribution >= 4 is 45.4 Å². The van der Waals surface area contributed by atoms with Crippen LogP contribution in [0.5, 0.6) is 11.5 Å². The maximum absolute atomic E-state index is 12.5. The molecule has 0 unspecified atom stereocenters. The van der Waals surface area contributed by atoms with Crippen LogP contribution in [0, 0.1) is 0 Å². The van der Waals surface area contributed by atoms with Crippen molar-refractivity contribution in [1.29, 1.82) is 0 Å². The highest BCUT2D eigenvalue weighted by Crippen LogP contribution is 2.35. The number of ketones is 1. The molecule has 6 heteroatoms. The quantitative estimate of drug-likeness (QED) is 0.272. The summed E-state index contributed by atoms with van der Waals surface area (Å²) in [7, 11) is 0. The lowest BCUT2D eigenvalue weighted by Gasteiger charge is -2.06. The largest absolute Gasteiger partial charge is 0.452 e.